The summed E-state index contributed by atoms with van der Waals surface area (Å²) < 4.78 is 11.6. The van der Waals surface area contributed by atoms with Crippen LogP contribution in [0.4, 0.5) is 0 Å². The van der Waals surface area contributed by atoms with Gasteiger partial charge in [-0.1, -0.05) is 26.0 Å². The van der Waals surface area contributed by atoms with Crippen LogP contribution in [0.2, 0.25) is 0 Å². The van der Waals surface area contributed by atoms with Crippen LogP contribution >= 0.6 is 0 Å². The average molecular weight is 273 g/mol. The molecule has 0 radical (unpaired) electrons. The number of hydrogen-bond acceptors (Lipinski definition) is 3. The SMILES string of the molecule is CNCc1oc(COc2cccc(C(C)C)c2)cc1C. The van der Waals surface area contributed by atoms with Crippen LogP contribution in [-0.4, -0.2) is 7.05 Å². The van der Waals surface area contributed by atoms with Gasteiger partial charge in [0.15, 0.2) is 0 Å². The van der Waals surface area contributed by atoms with Gasteiger partial charge in [0.05, 0.1) is 6.54 Å². The molecule has 0 aliphatic carbocycles. The fourth-order valence-electron chi connectivity index (χ4n) is 2.12. The summed E-state index contributed by atoms with van der Waals surface area (Å²) in [5.41, 5.74) is 2.45. The Morgan fingerprint density at radius 3 is 2.75 bits per heavy atom. The predicted molar refractivity (Wildman–Crippen MR) is 81.1 cm³/mol. The van der Waals surface area contributed by atoms with E-state index < -0.39 is 0 Å². The number of hydrogen-bond donors (Lipinski definition) is 1. The zero-order chi connectivity index (χ0) is 14.5. The van der Waals surface area contributed by atoms with Crippen molar-refractivity contribution in [1.29, 1.82) is 0 Å². The molecule has 0 atom stereocenters. The molecule has 0 aliphatic heterocycles. The molecule has 0 bridgehead atoms. The van der Waals surface area contributed by atoms with Crippen LogP contribution in [0, 0.1) is 6.92 Å². The molecule has 0 saturated carbocycles. The first-order valence-corrected chi connectivity index (χ1v) is 7.05. The Morgan fingerprint density at radius 1 is 1.25 bits per heavy atom. The molecule has 0 amide bonds. The molecule has 3 heteroatoms. The fourth-order valence-corrected chi connectivity index (χ4v) is 2.12. The normalized spacial score (nSPS) is 11.1. The van der Waals surface area contributed by atoms with E-state index in [1.165, 1.54) is 5.56 Å². The second-order valence-corrected chi connectivity index (χ2v) is 5.37. The summed E-state index contributed by atoms with van der Waals surface area (Å²) >= 11 is 0. The summed E-state index contributed by atoms with van der Waals surface area (Å²) in [6.45, 7) is 7.62. The molecule has 0 saturated heterocycles. The van der Waals surface area contributed by atoms with Gasteiger partial charge in [0.2, 0.25) is 0 Å². The van der Waals surface area contributed by atoms with Gasteiger partial charge in [-0.3, -0.25) is 0 Å². The van der Waals surface area contributed by atoms with Crippen molar-refractivity contribution in [2.75, 3.05) is 7.05 Å². The van der Waals surface area contributed by atoms with Crippen LogP contribution < -0.4 is 10.1 Å². The summed E-state index contributed by atoms with van der Waals surface area (Å²) in [7, 11) is 1.91. The number of aryl methyl sites for hydroxylation is 1. The highest BCUT2D eigenvalue weighted by Crippen LogP contribution is 2.22. The summed E-state index contributed by atoms with van der Waals surface area (Å²) in [5.74, 6) is 3.23. The molecule has 108 valence electrons. The van der Waals surface area contributed by atoms with E-state index in [1.54, 1.807) is 0 Å². The quantitative estimate of drug-likeness (QED) is 0.863. The second kappa shape index (κ2) is 6.62. The number of rotatable bonds is 6. The molecule has 20 heavy (non-hydrogen) atoms. The van der Waals surface area contributed by atoms with Gasteiger partial charge < -0.3 is 14.5 Å². The summed E-state index contributed by atoms with van der Waals surface area (Å²) in [5, 5.41) is 3.10. The third-order valence-electron chi connectivity index (χ3n) is 3.31. The van der Waals surface area contributed by atoms with Crippen molar-refractivity contribution in [3.8, 4) is 5.75 Å². The number of ether oxygens (including phenoxy) is 1. The first kappa shape index (κ1) is 14.7. The first-order valence-electron chi connectivity index (χ1n) is 7.05. The van der Waals surface area contributed by atoms with E-state index in [-0.39, 0.29) is 0 Å². The van der Waals surface area contributed by atoms with Crippen molar-refractivity contribution in [3.05, 3.63) is 53.0 Å². The number of nitrogens with one attached hydrogen (secondary N) is 1. The Labute approximate surface area is 121 Å². The Kier molecular flexibility index (Phi) is 4.85. The zero-order valence-corrected chi connectivity index (χ0v) is 12.7. The summed E-state index contributed by atoms with van der Waals surface area (Å²) in [6, 6.07) is 10.3. The van der Waals surface area contributed by atoms with Crippen molar-refractivity contribution < 1.29 is 9.15 Å². The van der Waals surface area contributed by atoms with Gasteiger partial charge in [-0.25, -0.2) is 0 Å². The standard InChI is InChI=1S/C17H23NO2/c1-12(2)14-6-5-7-15(9-14)19-11-16-8-13(3)17(20-16)10-18-4/h5-9,12,18H,10-11H2,1-4H3. The van der Waals surface area contributed by atoms with Crippen molar-refractivity contribution in [2.45, 2.75) is 39.8 Å². The molecule has 1 heterocycles. The average Bonchev–Trinajstić information content (AvgIpc) is 2.78. The topological polar surface area (TPSA) is 34.4 Å². The van der Waals surface area contributed by atoms with E-state index in [1.807, 2.05) is 25.2 Å². The highest BCUT2D eigenvalue weighted by molar-refractivity contribution is 5.30. The predicted octanol–water partition coefficient (Wildman–Crippen LogP) is 4.01. The van der Waals surface area contributed by atoms with Crippen LogP contribution in [0.25, 0.3) is 0 Å². The number of furan rings is 1. The molecule has 1 aromatic carbocycles. The highest BCUT2D eigenvalue weighted by Gasteiger charge is 2.08. The third kappa shape index (κ3) is 3.64. The summed E-state index contributed by atoms with van der Waals surface area (Å²) in [4.78, 5) is 0. The van der Waals surface area contributed by atoms with Gasteiger partial charge in [0.25, 0.3) is 0 Å². The molecule has 0 unspecified atom stereocenters. The lowest BCUT2D eigenvalue weighted by atomic mass is 10.0. The molecular weight excluding hydrogens is 250 g/mol. The minimum Gasteiger partial charge on any atom is -0.486 e. The van der Waals surface area contributed by atoms with Crippen molar-refractivity contribution >= 4 is 0 Å². The molecule has 1 N–H and O–H groups in total. The maximum Gasteiger partial charge on any atom is 0.146 e. The Morgan fingerprint density at radius 2 is 2.05 bits per heavy atom. The van der Waals surface area contributed by atoms with Gasteiger partial charge in [-0.15, -0.1) is 0 Å². The Bertz CT molecular complexity index is 558. The maximum absolute atomic E-state index is 5.82. The monoisotopic (exact) mass is 273 g/mol. The van der Waals surface area contributed by atoms with Crippen molar-refractivity contribution in [2.24, 2.45) is 0 Å². The molecule has 0 spiro atoms. The van der Waals surface area contributed by atoms with Crippen LogP contribution in [-0.2, 0) is 13.2 Å². The van der Waals surface area contributed by atoms with E-state index in [0.29, 0.717) is 12.5 Å². The smallest absolute Gasteiger partial charge is 0.146 e. The minimum absolute atomic E-state index is 0.464. The highest BCUT2D eigenvalue weighted by atomic mass is 16.5. The largest absolute Gasteiger partial charge is 0.486 e. The lowest BCUT2D eigenvalue weighted by Gasteiger charge is -2.09. The van der Waals surface area contributed by atoms with Gasteiger partial charge in [-0.2, -0.15) is 0 Å². The second-order valence-electron chi connectivity index (χ2n) is 5.37. The lowest BCUT2D eigenvalue weighted by Crippen LogP contribution is -2.04. The fraction of sp³-hybridized carbons (Fsp3) is 0.412. The molecular formula is C17H23NO2. The van der Waals surface area contributed by atoms with E-state index in [2.05, 4.69) is 38.2 Å². The molecule has 2 aromatic rings. The minimum atomic E-state index is 0.464. The zero-order valence-electron chi connectivity index (χ0n) is 12.7. The van der Waals surface area contributed by atoms with Gasteiger partial charge in [0, 0.05) is 0 Å². The Balaban J connectivity index is 2.01. The first-order chi connectivity index (χ1) is 9.60. The van der Waals surface area contributed by atoms with E-state index in [4.69, 9.17) is 9.15 Å². The van der Waals surface area contributed by atoms with Gasteiger partial charge >= 0.3 is 0 Å². The summed E-state index contributed by atoms with van der Waals surface area (Å²) in [6.07, 6.45) is 0. The van der Waals surface area contributed by atoms with Crippen LogP contribution in [0.15, 0.2) is 34.7 Å². The van der Waals surface area contributed by atoms with Crippen LogP contribution in [0.5, 0.6) is 5.75 Å². The van der Waals surface area contributed by atoms with Crippen molar-refractivity contribution in [1.82, 2.24) is 5.32 Å². The number of benzene rings is 1. The lowest BCUT2D eigenvalue weighted by molar-refractivity contribution is 0.265. The molecule has 3 nitrogen and oxygen atoms in total. The van der Waals surface area contributed by atoms with E-state index >= 15 is 0 Å². The van der Waals surface area contributed by atoms with Gasteiger partial charge in [0.1, 0.15) is 23.9 Å². The van der Waals surface area contributed by atoms with Crippen LogP contribution in [0.1, 0.15) is 42.4 Å². The van der Waals surface area contributed by atoms with E-state index in [0.717, 1.165) is 29.4 Å². The molecule has 1 aromatic heterocycles. The molecule has 0 fully saturated rings. The Hall–Kier alpha value is -1.74. The third-order valence-corrected chi connectivity index (χ3v) is 3.31. The maximum atomic E-state index is 5.82. The van der Waals surface area contributed by atoms with Crippen LogP contribution in [0.3, 0.4) is 0 Å². The van der Waals surface area contributed by atoms with E-state index in [9.17, 15) is 0 Å². The van der Waals surface area contributed by atoms with Gasteiger partial charge in [-0.05, 0) is 49.2 Å². The van der Waals surface area contributed by atoms with Crippen molar-refractivity contribution in [3.63, 3.8) is 0 Å². The molecule has 2 rings (SSSR count). The molecule has 0 aliphatic rings.